The van der Waals surface area contributed by atoms with Gasteiger partial charge in [-0.1, -0.05) is 13.3 Å². The van der Waals surface area contributed by atoms with Crippen LogP contribution in [0, 0.1) is 0 Å². The first-order valence-electron chi connectivity index (χ1n) is 7.38. The molecule has 2 rings (SSSR count). The van der Waals surface area contributed by atoms with Gasteiger partial charge >= 0.3 is 0 Å². The second-order valence-corrected chi connectivity index (χ2v) is 7.01. The normalized spacial score (nSPS) is 16.4. The van der Waals surface area contributed by atoms with Crippen LogP contribution in [0.2, 0.25) is 0 Å². The van der Waals surface area contributed by atoms with Gasteiger partial charge in [-0.05, 0) is 56.4 Å². The molecule has 112 valence electrons. The minimum absolute atomic E-state index is 0.292. The van der Waals surface area contributed by atoms with Gasteiger partial charge in [0.25, 0.3) is 0 Å². The Morgan fingerprint density at radius 1 is 1.20 bits per heavy atom. The fourth-order valence-electron chi connectivity index (χ4n) is 2.36. The highest BCUT2D eigenvalue weighted by Gasteiger charge is 2.17. The van der Waals surface area contributed by atoms with E-state index in [2.05, 4.69) is 4.72 Å². The number of hydrogen-bond donors (Lipinski definition) is 1. The summed E-state index contributed by atoms with van der Waals surface area (Å²) in [7, 11) is -3.38. The Kier molecular flexibility index (Phi) is 5.43. The van der Waals surface area contributed by atoms with Gasteiger partial charge in [-0.2, -0.15) is 0 Å². The Morgan fingerprint density at radius 3 is 2.45 bits per heavy atom. The number of nitrogens with one attached hydrogen (secondary N) is 1. The minimum Gasteiger partial charge on any atom is -0.490 e. The lowest BCUT2D eigenvalue weighted by atomic mass is 10.3. The van der Waals surface area contributed by atoms with Crippen molar-refractivity contribution in [3.05, 3.63) is 24.3 Å². The van der Waals surface area contributed by atoms with Crippen LogP contribution in [0.4, 0.5) is 0 Å². The van der Waals surface area contributed by atoms with E-state index in [1.807, 2.05) is 6.92 Å². The van der Waals surface area contributed by atoms with Crippen molar-refractivity contribution in [2.24, 2.45) is 0 Å². The first-order chi connectivity index (χ1) is 9.62. The molecular weight excluding hydrogens is 274 g/mol. The molecule has 1 fully saturated rings. The van der Waals surface area contributed by atoms with Crippen LogP contribution in [0.1, 0.15) is 45.4 Å². The van der Waals surface area contributed by atoms with E-state index in [1.54, 1.807) is 24.3 Å². The molecule has 0 radical (unpaired) electrons. The second kappa shape index (κ2) is 7.09. The third-order valence-electron chi connectivity index (χ3n) is 3.56. The molecule has 0 bridgehead atoms. The average molecular weight is 297 g/mol. The lowest BCUT2D eigenvalue weighted by molar-refractivity contribution is 0.210. The summed E-state index contributed by atoms with van der Waals surface area (Å²) >= 11 is 0. The molecule has 0 aliphatic heterocycles. The molecule has 0 heterocycles. The monoisotopic (exact) mass is 297 g/mol. The molecule has 0 atom stereocenters. The van der Waals surface area contributed by atoms with Crippen molar-refractivity contribution in [1.82, 2.24) is 4.72 Å². The Hall–Kier alpha value is -1.07. The van der Waals surface area contributed by atoms with Gasteiger partial charge in [0.05, 0.1) is 11.0 Å². The summed E-state index contributed by atoms with van der Waals surface area (Å²) in [5.41, 5.74) is 0. The summed E-state index contributed by atoms with van der Waals surface area (Å²) in [6, 6.07) is 6.70. The number of hydrogen-bond acceptors (Lipinski definition) is 3. The molecule has 0 amide bonds. The molecule has 1 N–H and O–H groups in total. The van der Waals surface area contributed by atoms with Gasteiger partial charge in [-0.15, -0.1) is 0 Å². The highest BCUT2D eigenvalue weighted by Crippen LogP contribution is 2.24. The van der Waals surface area contributed by atoms with Crippen LogP contribution in [0.5, 0.6) is 5.75 Å². The molecule has 1 saturated carbocycles. The summed E-state index contributed by atoms with van der Waals surface area (Å²) in [6.45, 7) is 2.52. The van der Waals surface area contributed by atoms with E-state index < -0.39 is 10.0 Å². The van der Waals surface area contributed by atoms with E-state index in [0.717, 1.165) is 31.4 Å². The molecule has 0 spiro atoms. The molecule has 4 nitrogen and oxygen atoms in total. The lowest BCUT2D eigenvalue weighted by Gasteiger charge is -2.13. The number of rotatable bonds is 7. The standard InChI is InChI=1S/C15H23NO3S/c1-2-3-12-16-20(17,18)15-10-8-14(9-11-15)19-13-6-4-5-7-13/h8-11,13,16H,2-7,12H2,1H3. The van der Waals surface area contributed by atoms with Crippen molar-refractivity contribution in [2.45, 2.75) is 56.4 Å². The zero-order chi connectivity index (χ0) is 14.4. The summed E-state index contributed by atoms with van der Waals surface area (Å²) in [5, 5.41) is 0. The van der Waals surface area contributed by atoms with E-state index in [-0.39, 0.29) is 0 Å². The van der Waals surface area contributed by atoms with Crippen LogP contribution in [0.3, 0.4) is 0 Å². The van der Waals surface area contributed by atoms with Gasteiger partial charge in [0.15, 0.2) is 0 Å². The number of ether oxygens (including phenoxy) is 1. The molecule has 20 heavy (non-hydrogen) atoms. The zero-order valence-electron chi connectivity index (χ0n) is 12.0. The molecule has 0 unspecified atom stereocenters. The van der Waals surface area contributed by atoms with E-state index >= 15 is 0 Å². The third-order valence-corrected chi connectivity index (χ3v) is 5.04. The highest BCUT2D eigenvalue weighted by molar-refractivity contribution is 7.89. The van der Waals surface area contributed by atoms with Crippen molar-refractivity contribution in [1.29, 1.82) is 0 Å². The van der Waals surface area contributed by atoms with Crippen molar-refractivity contribution >= 4 is 10.0 Å². The fourth-order valence-corrected chi connectivity index (χ4v) is 3.44. The van der Waals surface area contributed by atoms with Crippen LogP contribution in [-0.2, 0) is 10.0 Å². The van der Waals surface area contributed by atoms with Crippen molar-refractivity contribution in [2.75, 3.05) is 6.54 Å². The van der Waals surface area contributed by atoms with Crippen molar-refractivity contribution < 1.29 is 13.2 Å². The topological polar surface area (TPSA) is 55.4 Å². The van der Waals surface area contributed by atoms with Crippen LogP contribution in [0.25, 0.3) is 0 Å². The summed E-state index contributed by atoms with van der Waals surface area (Å²) in [4.78, 5) is 0.298. The quantitative estimate of drug-likeness (QED) is 0.787. The van der Waals surface area contributed by atoms with E-state index in [9.17, 15) is 8.42 Å². The smallest absolute Gasteiger partial charge is 0.240 e. The van der Waals surface area contributed by atoms with Gasteiger partial charge in [0.2, 0.25) is 10.0 Å². The Morgan fingerprint density at radius 2 is 1.85 bits per heavy atom. The number of benzene rings is 1. The maximum absolute atomic E-state index is 12.0. The predicted molar refractivity (Wildman–Crippen MR) is 79.4 cm³/mol. The van der Waals surface area contributed by atoms with Gasteiger partial charge in [0.1, 0.15) is 5.75 Å². The highest BCUT2D eigenvalue weighted by atomic mass is 32.2. The van der Waals surface area contributed by atoms with Crippen molar-refractivity contribution in [3.63, 3.8) is 0 Å². The zero-order valence-corrected chi connectivity index (χ0v) is 12.8. The second-order valence-electron chi connectivity index (χ2n) is 5.25. The van der Waals surface area contributed by atoms with Gasteiger partial charge in [-0.25, -0.2) is 13.1 Å². The van der Waals surface area contributed by atoms with Crippen LogP contribution in [-0.4, -0.2) is 21.1 Å². The fraction of sp³-hybridized carbons (Fsp3) is 0.600. The van der Waals surface area contributed by atoms with Crippen LogP contribution in [0.15, 0.2) is 29.2 Å². The Bertz CT molecular complexity index is 504. The summed E-state index contributed by atoms with van der Waals surface area (Å²) < 4.78 is 32.4. The predicted octanol–water partition coefficient (Wildman–Crippen LogP) is 3.09. The number of sulfonamides is 1. The van der Waals surface area contributed by atoms with Crippen LogP contribution >= 0.6 is 0 Å². The Labute approximate surface area is 121 Å². The van der Waals surface area contributed by atoms with Gasteiger partial charge < -0.3 is 4.74 Å². The maximum atomic E-state index is 12.0. The molecular formula is C15H23NO3S. The molecule has 1 aliphatic carbocycles. The molecule has 1 aromatic carbocycles. The van der Waals surface area contributed by atoms with E-state index in [4.69, 9.17) is 4.74 Å². The van der Waals surface area contributed by atoms with Gasteiger partial charge in [0, 0.05) is 6.54 Å². The van der Waals surface area contributed by atoms with E-state index in [0.29, 0.717) is 17.5 Å². The molecule has 5 heteroatoms. The molecule has 0 aromatic heterocycles. The van der Waals surface area contributed by atoms with E-state index in [1.165, 1.54) is 12.8 Å². The summed E-state index contributed by atoms with van der Waals surface area (Å²) in [6.07, 6.45) is 6.74. The average Bonchev–Trinajstić information content (AvgIpc) is 2.92. The summed E-state index contributed by atoms with van der Waals surface area (Å²) in [5.74, 6) is 0.754. The van der Waals surface area contributed by atoms with Crippen molar-refractivity contribution in [3.8, 4) is 5.75 Å². The minimum atomic E-state index is -3.38. The largest absolute Gasteiger partial charge is 0.490 e. The first kappa shape index (κ1) is 15.3. The van der Waals surface area contributed by atoms with Crippen LogP contribution < -0.4 is 9.46 Å². The Balaban J connectivity index is 1.96. The third kappa shape index (κ3) is 4.21. The lowest BCUT2D eigenvalue weighted by Crippen LogP contribution is -2.24. The molecule has 1 aliphatic rings. The number of unbranched alkanes of at least 4 members (excludes halogenated alkanes) is 1. The maximum Gasteiger partial charge on any atom is 0.240 e. The first-order valence-corrected chi connectivity index (χ1v) is 8.86. The van der Waals surface area contributed by atoms with Gasteiger partial charge in [-0.3, -0.25) is 0 Å². The molecule has 0 saturated heterocycles. The molecule has 1 aromatic rings. The SMILES string of the molecule is CCCCNS(=O)(=O)c1ccc(OC2CCCC2)cc1.